The van der Waals surface area contributed by atoms with Crippen LogP contribution in [0.3, 0.4) is 0 Å². The summed E-state index contributed by atoms with van der Waals surface area (Å²) in [6.45, 7) is 4.41. The SMILES string of the molecule is CCCCCCCOC(=O)C1=C(C)Nc2ncnn2C1c1cc(OC)ccc1OC. The van der Waals surface area contributed by atoms with Gasteiger partial charge in [-0.25, -0.2) is 9.48 Å². The molecule has 1 aliphatic heterocycles. The van der Waals surface area contributed by atoms with Crippen LogP contribution in [0, 0.1) is 0 Å². The number of rotatable bonds is 10. The largest absolute Gasteiger partial charge is 0.497 e. The third kappa shape index (κ3) is 4.58. The molecule has 0 fully saturated rings. The Hall–Kier alpha value is -3.03. The number of hydrogen-bond donors (Lipinski definition) is 1. The molecule has 8 nitrogen and oxygen atoms in total. The van der Waals surface area contributed by atoms with Gasteiger partial charge < -0.3 is 19.5 Å². The molecule has 1 N–H and O–H groups in total. The average molecular weight is 415 g/mol. The zero-order chi connectivity index (χ0) is 21.5. The third-order valence-electron chi connectivity index (χ3n) is 5.23. The standard InChI is InChI=1S/C22H30N4O4/c1-5-6-7-8-9-12-30-21(27)19-15(2)25-22-23-14-24-26(22)20(19)17-13-16(28-3)10-11-18(17)29-4/h10-11,13-14,20H,5-9,12H2,1-4H3,(H,23,24,25). The Kier molecular flexibility index (Phi) is 7.32. The maximum Gasteiger partial charge on any atom is 0.338 e. The lowest BCUT2D eigenvalue weighted by atomic mass is 9.94. The van der Waals surface area contributed by atoms with Crippen molar-refractivity contribution in [2.75, 3.05) is 26.1 Å². The fraction of sp³-hybridized carbons (Fsp3) is 0.500. The first-order valence-electron chi connectivity index (χ1n) is 10.4. The van der Waals surface area contributed by atoms with E-state index < -0.39 is 6.04 Å². The first kappa shape index (κ1) is 21.7. The van der Waals surface area contributed by atoms with Crippen molar-refractivity contribution >= 4 is 11.9 Å². The number of nitrogens with zero attached hydrogens (tertiary/aromatic N) is 3. The van der Waals surface area contributed by atoms with E-state index in [2.05, 4.69) is 22.3 Å². The summed E-state index contributed by atoms with van der Waals surface area (Å²) in [5.41, 5.74) is 1.91. The highest BCUT2D eigenvalue weighted by atomic mass is 16.5. The number of fused-ring (bicyclic) bond motifs is 1. The van der Waals surface area contributed by atoms with E-state index in [4.69, 9.17) is 14.2 Å². The van der Waals surface area contributed by atoms with Crippen LogP contribution in [0.25, 0.3) is 0 Å². The minimum Gasteiger partial charge on any atom is -0.497 e. The van der Waals surface area contributed by atoms with Gasteiger partial charge in [0.05, 0.1) is 26.4 Å². The lowest BCUT2D eigenvalue weighted by Gasteiger charge is -2.29. The van der Waals surface area contributed by atoms with Crippen molar-refractivity contribution < 1.29 is 19.0 Å². The van der Waals surface area contributed by atoms with Crippen molar-refractivity contribution in [2.45, 2.75) is 52.0 Å². The molecule has 3 rings (SSSR count). The Morgan fingerprint density at radius 1 is 1.17 bits per heavy atom. The highest BCUT2D eigenvalue weighted by molar-refractivity contribution is 5.92. The smallest absolute Gasteiger partial charge is 0.338 e. The fourth-order valence-corrected chi connectivity index (χ4v) is 3.64. The van der Waals surface area contributed by atoms with Gasteiger partial charge in [0.1, 0.15) is 23.9 Å². The zero-order valence-corrected chi connectivity index (χ0v) is 18.1. The fourth-order valence-electron chi connectivity index (χ4n) is 3.64. The maximum absolute atomic E-state index is 13.1. The van der Waals surface area contributed by atoms with Crippen LogP contribution < -0.4 is 14.8 Å². The Morgan fingerprint density at radius 3 is 2.70 bits per heavy atom. The van der Waals surface area contributed by atoms with E-state index in [9.17, 15) is 4.79 Å². The van der Waals surface area contributed by atoms with Crippen LogP contribution in [0.4, 0.5) is 5.95 Å². The van der Waals surface area contributed by atoms with Crippen molar-refractivity contribution in [3.05, 3.63) is 41.4 Å². The molecule has 162 valence electrons. The molecule has 8 heteroatoms. The van der Waals surface area contributed by atoms with E-state index in [0.29, 0.717) is 35.3 Å². The summed E-state index contributed by atoms with van der Waals surface area (Å²) in [7, 11) is 3.20. The van der Waals surface area contributed by atoms with Gasteiger partial charge in [-0.15, -0.1) is 0 Å². The number of aromatic nitrogens is 3. The summed E-state index contributed by atoms with van der Waals surface area (Å²) >= 11 is 0. The van der Waals surface area contributed by atoms with E-state index in [1.807, 2.05) is 25.1 Å². The zero-order valence-electron chi connectivity index (χ0n) is 18.1. The topological polar surface area (TPSA) is 87.5 Å². The van der Waals surface area contributed by atoms with E-state index in [1.54, 1.807) is 18.9 Å². The Bertz CT molecular complexity index is 906. The first-order chi connectivity index (χ1) is 14.6. The second-order valence-corrected chi connectivity index (χ2v) is 7.25. The third-order valence-corrected chi connectivity index (χ3v) is 5.23. The summed E-state index contributed by atoms with van der Waals surface area (Å²) in [6.07, 6.45) is 6.91. The first-order valence-corrected chi connectivity index (χ1v) is 10.4. The molecular formula is C22H30N4O4. The number of hydrogen-bond acceptors (Lipinski definition) is 7. The second kappa shape index (κ2) is 10.1. The molecule has 30 heavy (non-hydrogen) atoms. The van der Waals surface area contributed by atoms with Crippen molar-refractivity contribution in [1.29, 1.82) is 0 Å². The van der Waals surface area contributed by atoms with Gasteiger partial charge in [0.2, 0.25) is 5.95 Å². The highest BCUT2D eigenvalue weighted by Crippen LogP contribution is 2.40. The summed E-state index contributed by atoms with van der Waals surface area (Å²) in [5.74, 6) is 1.47. The molecule has 0 amide bonds. The van der Waals surface area contributed by atoms with Crippen LogP contribution in [0.15, 0.2) is 35.8 Å². The number of ether oxygens (including phenoxy) is 3. The summed E-state index contributed by atoms with van der Waals surface area (Å²) in [6, 6.07) is 4.95. The maximum atomic E-state index is 13.1. The van der Waals surface area contributed by atoms with Crippen LogP contribution >= 0.6 is 0 Å². The molecule has 1 aromatic carbocycles. The summed E-state index contributed by atoms with van der Waals surface area (Å²) in [5, 5.41) is 7.50. The van der Waals surface area contributed by atoms with Gasteiger partial charge in [-0.05, 0) is 31.5 Å². The van der Waals surface area contributed by atoms with Gasteiger partial charge in [-0.2, -0.15) is 10.1 Å². The van der Waals surface area contributed by atoms with Crippen molar-refractivity contribution in [2.24, 2.45) is 0 Å². The van der Waals surface area contributed by atoms with Gasteiger partial charge in [-0.3, -0.25) is 0 Å². The highest BCUT2D eigenvalue weighted by Gasteiger charge is 2.36. The van der Waals surface area contributed by atoms with Crippen LogP contribution in [0.5, 0.6) is 11.5 Å². The van der Waals surface area contributed by atoms with Gasteiger partial charge in [0.15, 0.2) is 0 Å². The normalized spacial score (nSPS) is 15.4. The monoisotopic (exact) mass is 414 g/mol. The number of methoxy groups -OCH3 is 2. The average Bonchev–Trinajstić information content (AvgIpc) is 3.22. The van der Waals surface area contributed by atoms with Crippen LogP contribution in [-0.4, -0.2) is 41.6 Å². The molecule has 0 saturated carbocycles. The van der Waals surface area contributed by atoms with Gasteiger partial charge >= 0.3 is 5.97 Å². The molecule has 0 aliphatic carbocycles. The quantitative estimate of drug-likeness (QED) is 0.463. The van der Waals surface area contributed by atoms with Crippen molar-refractivity contribution in [3.8, 4) is 11.5 Å². The van der Waals surface area contributed by atoms with Gasteiger partial charge in [0, 0.05) is 11.3 Å². The molecule has 0 radical (unpaired) electrons. The van der Waals surface area contributed by atoms with Crippen molar-refractivity contribution in [1.82, 2.24) is 14.8 Å². The molecule has 1 atom stereocenters. The molecule has 0 saturated heterocycles. The number of anilines is 1. The molecule has 1 aromatic heterocycles. The lowest BCUT2D eigenvalue weighted by Crippen LogP contribution is -2.30. The summed E-state index contributed by atoms with van der Waals surface area (Å²) < 4.78 is 18.3. The van der Waals surface area contributed by atoms with E-state index in [1.165, 1.54) is 19.2 Å². The second-order valence-electron chi connectivity index (χ2n) is 7.25. The molecule has 0 spiro atoms. The number of carbonyl (C=O) groups excluding carboxylic acids is 1. The Balaban J connectivity index is 1.90. The van der Waals surface area contributed by atoms with Crippen LogP contribution in [0.2, 0.25) is 0 Å². The van der Waals surface area contributed by atoms with E-state index >= 15 is 0 Å². The van der Waals surface area contributed by atoms with Crippen LogP contribution in [-0.2, 0) is 9.53 Å². The number of esters is 1. The Morgan fingerprint density at radius 2 is 1.97 bits per heavy atom. The van der Waals surface area contributed by atoms with E-state index in [0.717, 1.165) is 24.8 Å². The van der Waals surface area contributed by atoms with Crippen molar-refractivity contribution in [3.63, 3.8) is 0 Å². The molecular weight excluding hydrogens is 384 g/mol. The number of nitrogens with one attached hydrogen (secondary N) is 1. The minimum atomic E-state index is -0.540. The summed E-state index contributed by atoms with van der Waals surface area (Å²) in [4.78, 5) is 17.4. The van der Waals surface area contributed by atoms with Gasteiger partial charge in [0.25, 0.3) is 0 Å². The number of unbranched alkanes of at least 4 members (excludes halogenated alkanes) is 4. The molecule has 2 heterocycles. The minimum absolute atomic E-state index is 0.369. The Labute approximate surface area is 177 Å². The molecule has 1 unspecified atom stereocenters. The predicted octanol–water partition coefficient (Wildman–Crippen LogP) is 4.10. The molecule has 0 bridgehead atoms. The number of carbonyl (C=O) groups is 1. The molecule has 2 aromatic rings. The molecule has 1 aliphatic rings. The number of allylic oxidation sites excluding steroid dienone is 1. The number of benzene rings is 1. The van der Waals surface area contributed by atoms with Crippen LogP contribution in [0.1, 0.15) is 57.6 Å². The lowest BCUT2D eigenvalue weighted by molar-refractivity contribution is -0.139. The van der Waals surface area contributed by atoms with E-state index in [-0.39, 0.29) is 5.97 Å². The predicted molar refractivity (Wildman–Crippen MR) is 114 cm³/mol. The van der Waals surface area contributed by atoms with Gasteiger partial charge in [-0.1, -0.05) is 32.6 Å².